The second kappa shape index (κ2) is 9.34. The number of anilines is 2. The largest absolute Gasteiger partial charge is 0.451 e. The molecule has 38 heavy (non-hydrogen) atoms. The summed E-state index contributed by atoms with van der Waals surface area (Å²) in [6.45, 7) is 1.83. The van der Waals surface area contributed by atoms with Gasteiger partial charge in [-0.2, -0.15) is 0 Å². The lowest BCUT2D eigenvalue weighted by Crippen LogP contribution is -2.17. The molecule has 8 nitrogen and oxygen atoms in total. The Morgan fingerprint density at radius 3 is 2.42 bits per heavy atom. The van der Waals surface area contributed by atoms with Crippen LogP contribution in [0.5, 0.6) is 11.5 Å². The van der Waals surface area contributed by atoms with Crippen LogP contribution in [0, 0.1) is 18.6 Å². The van der Waals surface area contributed by atoms with Gasteiger partial charge >= 0.3 is 0 Å². The predicted molar refractivity (Wildman–Crippen MR) is 142 cm³/mol. The predicted octanol–water partition coefficient (Wildman–Crippen LogP) is 5.24. The van der Waals surface area contributed by atoms with Crippen molar-refractivity contribution in [3.05, 3.63) is 101 Å². The van der Waals surface area contributed by atoms with Gasteiger partial charge in [0.2, 0.25) is 0 Å². The topological polar surface area (TPSA) is 119 Å². The molecule has 3 aromatic carbocycles. The van der Waals surface area contributed by atoms with Crippen molar-refractivity contribution in [2.24, 2.45) is 0 Å². The molecule has 2 heterocycles. The highest BCUT2D eigenvalue weighted by molar-refractivity contribution is 7.90. The van der Waals surface area contributed by atoms with Crippen LogP contribution in [-0.2, 0) is 10.0 Å². The number of fused-ring (bicyclic) bond motifs is 1. The summed E-state index contributed by atoms with van der Waals surface area (Å²) in [7, 11) is -2.46. The molecule has 4 N–H and O–H groups in total. The van der Waals surface area contributed by atoms with Gasteiger partial charge in [-0.05, 0) is 49.4 Å². The fraction of sp³-hybridized carbons (Fsp3) is 0.0741. The maximum absolute atomic E-state index is 14.5. The molecule has 0 aliphatic heterocycles. The fourth-order valence-electron chi connectivity index (χ4n) is 4.19. The number of hydrogen-bond acceptors (Lipinski definition) is 6. The molecule has 0 saturated heterocycles. The van der Waals surface area contributed by atoms with Gasteiger partial charge in [0.25, 0.3) is 15.6 Å². The molecule has 194 valence electrons. The Bertz CT molecular complexity index is 1860. The molecular formula is C27H22F2N4O4S. The fourth-order valence-corrected chi connectivity index (χ4v) is 5.54. The Hall–Kier alpha value is -4.64. The minimum Gasteiger partial charge on any atom is -0.451 e. The van der Waals surface area contributed by atoms with Crippen molar-refractivity contribution in [3.63, 3.8) is 0 Å². The standard InChI is InChI=1S/C27H22F2N4O4S/c1-15-3-6-17(7-4-15)38(35,36)33-12-11-18-20(14-32-27(34)25(18)33)19-8-9-22(31-2)24(30)26(19)37-23-10-5-16(28)13-21(23)29/h3-14,31H,30H2,1-2H3,(H,32,34). The lowest BCUT2D eigenvalue weighted by molar-refractivity contribution is 0.441. The molecule has 0 radical (unpaired) electrons. The average molecular weight is 537 g/mol. The number of halogens is 2. The summed E-state index contributed by atoms with van der Waals surface area (Å²) in [5.41, 5.74) is 7.81. The highest BCUT2D eigenvalue weighted by Crippen LogP contribution is 2.44. The van der Waals surface area contributed by atoms with Crippen molar-refractivity contribution in [1.82, 2.24) is 8.96 Å². The summed E-state index contributed by atoms with van der Waals surface area (Å²) in [6, 6.07) is 13.9. The van der Waals surface area contributed by atoms with E-state index >= 15 is 0 Å². The van der Waals surface area contributed by atoms with Crippen LogP contribution < -0.4 is 21.3 Å². The monoisotopic (exact) mass is 536 g/mol. The second-order valence-electron chi connectivity index (χ2n) is 8.55. The highest BCUT2D eigenvalue weighted by Gasteiger charge is 2.24. The minimum absolute atomic E-state index is 0.0174. The lowest BCUT2D eigenvalue weighted by atomic mass is 10.0. The van der Waals surface area contributed by atoms with E-state index in [1.54, 1.807) is 31.3 Å². The SMILES string of the molecule is CNc1ccc(-c2c[nH]c(=O)c3c2ccn3S(=O)(=O)c2ccc(C)cc2)c(Oc2ccc(F)cc2F)c1N. The molecule has 5 aromatic rings. The van der Waals surface area contributed by atoms with Crippen LogP contribution in [-0.4, -0.2) is 24.4 Å². The maximum atomic E-state index is 14.5. The van der Waals surface area contributed by atoms with E-state index in [1.807, 2.05) is 6.92 Å². The quantitative estimate of drug-likeness (QED) is 0.256. The summed E-state index contributed by atoms with van der Waals surface area (Å²) < 4.78 is 61.5. The maximum Gasteiger partial charge on any atom is 0.273 e. The Morgan fingerprint density at radius 2 is 1.74 bits per heavy atom. The van der Waals surface area contributed by atoms with Crippen molar-refractivity contribution in [2.75, 3.05) is 18.1 Å². The Balaban J connectivity index is 1.73. The number of nitrogens with one attached hydrogen (secondary N) is 2. The molecule has 11 heteroatoms. The molecule has 2 aromatic heterocycles. The van der Waals surface area contributed by atoms with Crippen molar-refractivity contribution in [2.45, 2.75) is 11.8 Å². The number of pyridine rings is 1. The van der Waals surface area contributed by atoms with E-state index in [2.05, 4.69) is 10.3 Å². The van der Waals surface area contributed by atoms with Crippen molar-refractivity contribution in [3.8, 4) is 22.6 Å². The molecule has 0 saturated carbocycles. The van der Waals surface area contributed by atoms with Gasteiger partial charge in [-0.25, -0.2) is 21.2 Å². The third-order valence-corrected chi connectivity index (χ3v) is 7.83. The van der Waals surface area contributed by atoms with Crippen LogP contribution in [0.25, 0.3) is 22.0 Å². The number of aryl methyl sites for hydroxylation is 1. The number of aromatic amines is 1. The summed E-state index contributed by atoms with van der Waals surface area (Å²) in [5.74, 6) is -1.95. The highest BCUT2D eigenvalue weighted by atomic mass is 32.2. The summed E-state index contributed by atoms with van der Waals surface area (Å²) >= 11 is 0. The van der Waals surface area contributed by atoms with Crippen LogP contribution >= 0.6 is 0 Å². The van der Waals surface area contributed by atoms with E-state index in [4.69, 9.17) is 10.5 Å². The van der Waals surface area contributed by atoms with E-state index in [0.717, 1.165) is 21.7 Å². The number of nitrogens with zero attached hydrogens (tertiary/aromatic N) is 1. The zero-order valence-corrected chi connectivity index (χ0v) is 21.1. The third-order valence-electron chi connectivity index (χ3n) is 6.14. The summed E-state index contributed by atoms with van der Waals surface area (Å²) in [5, 5.41) is 3.21. The average Bonchev–Trinajstić information content (AvgIpc) is 3.35. The number of H-pyrrole nitrogens is 1. The first-order valence-corrected chi connectivity index (χ1v) is 12.8. The molecular weight excluding hydrogens is 514 g/mol. The van der Waals surface area contributed by atoms with Crippen LogP contribution in [0.1, 0.15) is 5.56 Å². The first kappa shape index (κ1) is 25.0. The lowest BCUT2D eigenvalue weighted by Gasteiger charge is -2.17. The van der Waals surface area contributed by atoms with Crippen LogP contribution in [0.4, 0.5) is 20.2 Å². The van der Waals surface area contributed by atoms with Crippen LogP contribution in [0.2, 0.25) is 0 Å². The van der Waals surface area contributed by atoms with Gasteiger partial charge in [0, 0.05) is 42.0 Å². The molecule has 0 amide bonds. The first-order chi connectivity index (χ1) is 18.1. The van der Waals surface area contributed by atoms with Gasteiger partial charge in [-0.3, -0.25) is 4.79 Å². The zero-order chi connectivity index (χ0) is 27.2. The minimum atomic E-state index is -4.10. The Kier molecular flexibility index (Phi) is 6.15. The zero-order valence-electron chi connectivity index (χ0n) is 20.2. The van der Waals surface area contributed by atoms with Gasteiger partial charge in [0.15, 0.2) is 17.3 Å². The van der Waals surface area contributed by atoms with Crippen molar-refractivity contribution < 1.29 is 21.9 Å². The molecule has 0 atom stereocenters. The molecule has 0 fully saturated rings. The number of aromatic nitrogens is 2. The van der Waals surface area contributed by atoms with Gasteiger partial charge in [-0.1, -0.05) is 17.7 Å². The van der Waals surface area contributed by atoms with E-state index in [-0.39, 0.29) is 27.6 Å². The van der Waals surface area contributed by atoms with E-state index in [0.29, 0.717) is 28.3 Å². The first-order valence-electron chi connectivity index (χ1n) is 11.4. The van der Waals surface area contributed by atoms with Gasteiger partial charge in [0.1, 0.15) is 11.3 Å². The Morgan fingerprint density at radius 1 is 1.00 bits per heavy atom. The van der Waals surface area contributed by atoms with Gasteiger partial charge in [-0.15, -0.1) is 0 Å². The number of nitrogen functional groups attached to an aromatic ring is 1. The number of benzene rings is 3. The molecule has 0 bridgehead atoms. The molecule has 5 rings (SSSR count). The van der Waals surface area contributed by atoms with Crippen molar-refractivity contribution in [1.29, 1.82) is 0 Å². The third kappa shape index (κ3) is 4.16. The summed E-state index contributed by atoms with van der Waals surface area (Å²) in [4.78, 5) is 15.5. The molecule has 0 spiro atoms. The van der Waals surface area contributed by atoms with E-state index in [9.17, 15) is 22.0 Å². The molecule has 0 aliphatic rings. The Labute approximate surface area is 216 Å². The normalized spacial score (nSPS) is 11.6. The second-order valence-corrected chi connectivity index (χ2v) is 10.4. The molecule has 0 unspecified atom stereocenters. The van der Waals surface area contributed by atoms with E-state index in [1.165, 1.54) is 30.6 Å². The van der Waals surface area contributed by atoms with E-state index < -0.39 is 27.2 Å². The number of rotatable bonds is 6. The van der Waals surface area contributed by atoms with Gasteiger partial charge in [0.05, 0.1) is 16.3 Å². The number of ether oxygens (including phenoxy) is 1. The molecule has 0 aliphatic carbocycles. The number of hydrogen-bond donors (Lipinski definition) is 3. The summed E-state index contributed by atoms with van der Waals surface area (Å²) in [6.07, 6.45) is 2.69. The van der Waals surface area contributed by atoms with Crippen LogP contribution in [0.3, 0.4) is 0 Å². The van der Waals surface area contributed by atoms with Crippen molar-refractivity contribution >= 4 is 32.3 Å². The smallest absolute Gasteiger partial charge is 0.273 e. The number of nitrogens with two attached hydrogens (primary N) is 1. The van der Waals surface area contributed by atoms with Crippen LogP contribution in [0.15, 0.2) is 82.7 Å². The van der Waals surface area contributed by atoms with Gasteiger partial charge < -0.3 is 20.8 Å².